The molecule has 0 bridgehead atoms. The third-order valence-corrected chi connectivity index (χ3v) is 3.03. The number of anilines is 2. The highest BCUT2D eigenvalue weighted by molar-refractivity contribution is 5.53. The molecule has 0 aliphatic rings. The summed E-state index contributed by atoms with van der Waals surface area (Å²) in [5.41, 5.74) is 0.438. The van der Waals surface area contributed by atoms with E-state index in [9.17, 15) is 0 Å². The molecule has 1 aromatic rings. The number of nitriles is 1. The first-order valence-corrected chi connectivity index (χ1v) is 8.51. The van der Waals surface area contributed by atoms with Crippen LogP contribution in [0.4, 0.5) is 11.8 Å². The normalized spacial score (nSPS) is 10.9. The van der Waals surface area contributed by atoms with Crippen LogP contribution in [0.5, 0.6) is 0 Å². The number of rotatable bonds is 12. The van der Waals surface area contributed by atoms with Gasteiger partial charge in [0, 0.05) is 26.3 Å². The minimum Gasteiger partial charge on any atom is -0.379 e. The fraction of sp³-hybridized carbons (Fsp3) is 0.706. The van der Waals surface area contributed by atoms with Crippen molar-refractivity contribution >= 4 is 11.8 Å². The van der Waals surface area contributed by atoms with Gasteiger partial charge in [0.15, 0.2) is 0 Å². The monoisotopic (exact) mass is 335 g/mol. The first kappa shape index (κ1) is 20.1. The van der Waals surface area contributed by atoms with E-state index in [1.807, 2.05) is 27.7 Å². The molecule has 0 saturated heterocycles. The summed E-state index contributed by atoms with van der Waals surface area (Å²) in [5, 5.41) is 15.5. The maximum absolute atomic E-state index is 9.15. The van der Waals surface area contributed by atoms with Crippen molar-refractivity contribution in [3.05, 3.63) is 11.8 Å². The summed E-state index contributed by atoms with van der Waals surface area (Å²) in [7, 11) is 0. The molecule has 0 radical (unpaired) electrons. The number of hydrogen-bond donors (Lipinski definition) is 2. The molecule has 0 aliphatic heterocycles. The van der Waals surface area contributed by atoms with E-state index in [4.69, 9.17) is 14.7 Å². The summed E-state index contributed by atoms with van der Waals surface area (Å²) in [6, 6.07) is 2.10. The van der Waals surface area contributed by atoms with Gasteiger partial charge in [-0.05, 0) is 40.5 Å². The second-order valence-corrected chi connectivity index (χ2v) is 5.97. The van der Waals surface area contributed by atoms with E-state index in [0.717, 1.165) is 19.4 Å². The van der Waals surface area contributed by atoms with Gasteiger partial charge in [-0.2, -0.15) is 10.2 Å². The van der Waals surface area contributed by atoms with Gasteiger partial charge in [-0.1, -0.05) is 0 Å². The zero-order valence-corrected chi connectivity index (χ0v) is 15.1. The van der Waals surface area contributed by atoms with Crippen LogP contribution in [-0.2, 0) is 9.47 Å². The maximum atomic E-state index is 9.15. The predicted molar refractivity (Wildman–Crippen MR) is 95.1 cm³/mol. The van der Waals surface area contributed by atoms with Crippen LogP contribution in [-0.4, -0.2) is 48.5 Å². The Morgan fingerprint density at radius 1 is 1.04 bits per heavy atom. The van der Waals surface area contributed by atoms with Crippen LogP contribution in [0, 0.1) is 11.3 Å². The number of ether oxygens (including phenoxy) is 2. The molecular formula is C17H29N5O2. The number of nitrogens with one attached hydrogen (secondary N) is 2. The van der Waals surface area contributed by atoms with Crippen molar-refractivity contribution in [3.63, 3.8) is 0 Å². The van der Waals surface area contributed by atoms with Crippen LogP contribution < -0.4 is 10.6 Å². The lowest BCUT2D eigenvalue weighted by molar-refractivity contribution is 0.0785. The van der Waals surface area contributed by atoms with E-state index in [-0.39, 0.29) is 12.2 Å². The average molecular weight is 335 g/mol. The van der Waals surface area contributed by atoms with Crippen molar-refractivity contribution in [2.75, 3.05) is 36.9 Å². The van der Waals surface area contributed by atoms with Gasteiger partial charge in [0.05, 0.1) is 18.4 Å². The van der Waals surface area contributed by atoms with Crippen LogP contribution in [0.2, 0.25) is 0 Å². The molecule has 0 spiro atoms. The van der Waals surface area contributed by atoms with Crippen molar-refractivity contribution < 1.29 is 9.47 Å². The van der Waals surface area contributed by atoms with E-state index >= 15 is 0 Å². The standard InChI is InChI=1S/C17H29N5O2/c1-13(2)23-9-5-7-19-16-15(11-18)12-21-17(22-16)20-8-6-10-24-14(3)4/h12-14H,5-10H2,1-4H3,(H2,19,20,21,22). The van der Waals surface area contributed by atoms with Crippen molar-refractivity contribution in [1.82, 2.24) is 9.97 Å². The van der Waals surface area contributed by atoms with Crippen molar-refractivity contribution in [3.8, 4) is 6.07 Å². The fourth-order valence-electron chi connectivity index (χ4n) is 1.87. The van der Waals surface area contributed by atoms with Crippen LogP contribution in [0.15, 0.2) is 6.20 Å². The maximum Gasteiger partial charge on any atom is 0.224 e. The van der Waals surface area contributed by atoms with Crippen LogP contribution in [0.1, 0.15) is 46.1 Å². The molecule has 0 unspecified atom stereocenters. The topological polar surface area (TPSA) is 92.1 Å². The molecule has 1 heterocycles. The lowest BCUT2D eigenvalue weighted by Gasteiger charge is -2.11. The zero-order chi connectivity index (χ0) is 17.8. The van der Waals surface area contributed by atoms with Gasteiger partial charge in [0.1, 0.15) is 17.5 Å². The van der Waals surface area contributed by atoms with Gasteiger partial charge >= 0.3 is 0 Å². The summed E-state index contributed by atoms with van der Waals surface area (Å²) in [6.07, 6.45) is 3.73. The van der Waals surface area contributed by atoms with Crippen molar-refractivity contribution in [2.45, 2.75) is 52.7 Å². The van der Waals surface area contributed by atoms with E-state index in [1.165, 1.54) is 6.20 Å². The molecule has 1 aromatic heterocycles. The highest BCUT2D eigenvalue weighted by atomic mass is 16.5. The van der Waals surface area contributed by atoms with Gasteiger partial charge in [0.2, 0.25) is 5.95 Å². The van der Waals surface area contributed by atoms with Gasteiger partial charge in [-0.25, -0.2) is 4.98 Å². The molecule has 0 aromatic carbocycles. The Morgan fingerprint density at radius 3 is 2.17 bits per heavy atom. The predicted octanol–water partition coefficient (Wildman–Crippen LogP) is 2.80. The second-order valence-electron chi connectivity index (χ2n) is 5.97. The summed E-state index contributed by atoms with van der Waals surface area (Å²) >= 11 is 0. The lowest BCUT2D eigenvalue weighted by atomic mass is 10.3. The van der Waals surface area contributed by atoms with Crippen molar-refractivity contribution in [2.24, 2.45) is 0 Å². The van der Waals surface area contributed by atoms with Gasteiger partial charge in [0.25, 0.3) is 0 Å². The summed E-state index contributed by atoms with van der Waals surface area (Å²) < 4.78 is 11.0. The fourth-order valence-corrected chi connectivity index (χ4v) is 1.87. The molecule has 0 fully saturated rings. The van der Waals surface area contributed by atoms with Crippen LogP contribution >= 0.6 is 0 Å². The minimum atomic E-state index is 0.231. The molecule has 7 heteroatoms. The number of aromatic nitrogens is 2. The highest BCUT2D eigenvalue weighted by Gasteiger charge is 2.06. The lowest BCUT2D eigenvalue weighted by Crippen LogP contribution is -2.13. The summed E-state index contributed by atoms with van der Waals surface area (Å²) in [6.45, 7) is 10.8. The van der Waals surface area contributed by atoms with E-state index in [1.54, 1.807) is 0 Å². The largest absolute Gasteiger partial charge is 0.379 e. The molecule has 0 atom stereocenters. The Balaban J connectivity index is 2.41. The second kappa shape index (κ2) is 11.6. The third-order valence-electron chi connectivity index (χ3n) is 3.03. The van der Waals surface area contributed by atoms with Crippen LogP contribution in [0.25, 0.3) is 0 Å². The van der Waals surface area contributed by atoms with Gasteiger partial charge < -0.3 is 20.1 Å². The van der Waals surface area contributed by atoms with Crippen molar-refractivity contribution in [1.29, 1.82) is 5.26 Å². The van der Waals surface area contributed by atoms with Crippen LogP contribution in [0.3, 0.4) is 0 Å². The third kappa shape index (κ3) is 8.65. The summed E-state index contributed by atoms with van der Waals surface area (Å²) in [4.78, 5) is 8.53. The van der Waals surface area contributed by atoms with E-state index in [2.05, 4.69) is 26.7 Å². The Hall–Kier alpha value is -1.91. The molecule has 134 valence electrons. The molecule has 0 amide bonds. The minimum absolute atomic E-state index is 0.231. The smallest absolute Gasteiger partial charge is 0.224 e. The first-order chi connectivity index (χ1) is 11.5. The Labute approximate surface area is 144 Å². The van der Waals surface area contributed by atoms with E-state index < -0.39 is 0 Å². The zero-order valence-electron chi connectivity index (χ0n) is 15.1. The summed E-state index contributed by atoms with van der Waals surface area (Å²) in [5.74, 6) is 1.07. The molecule has 1 rings (SSSR count). The average Bonchev–Trinajstić information content (AvgIpc) is 2.54. The molecule has 0 aliphatic carbocycles. The Kier molecular flexibility index (Phi) is 9.73. The van der Waals surface area contributed by atoms with Gasteiger partial charge in [-0.3, -0.25) is 0 Å². The molecule has 7 nitrogen and oxygen atoms in total. The quantitative estimate of drug-likeness (QED) is 0.567. The van der Waals surface area contributed by atoms with E-state index in [0.29, 0.717) is 37.1 Å². The highest BCUT2D eigenvalue weighted by Crippen LogP contribution is 2.13. The first-order valence-electron chi connectivity index (χ1n) is 8.51. The molecular weight excluding hydrogens is 306 g/mol. The number of nitrogens with zero attached hydrogens (tertiary/aromatic N) is 3. The number of hydrogen-bond acceptors (Lipinski definition) is 7. The Bertz CT molecular complexity index is 514. The molecule has 24 heavy (non-hydrogen) atoms. The Morgan fingerprint density at radius 2 is 1.62 bits per heavy atom. The SMILES string of the molecule is CC(C)OCCCNc1ncc(C#N)c(NCCCOC(C)C)n1. The molecule has 0 saturated carbocycles. The van der Waals surface area contributed by atoms with Gasteiger partial charge in [-0.15, -0.1) is 0 Å². The molecule has 2 N–H and O–H groups in total.